The summed E-state index contributed by atoms with van der Waals surface area (Å²) in [6.07, 6.45) is 0.779. The smallest absolute Gasteiger partial charge is 0.282 e. The molecule has 17 heavy (non-hydrogen) atoms. The van der Waals surface area contributed by atoms with Crippen molar-refractivity contribution in [1.29, 1.82) is 0 Å². The molecule has 0 fully saturated rings. The quantitative estimate of drug-likeness (QED) is 0.766. The molecule has 0 bridgehead atoms. The van der Waals surface area contributed by atoms with Gasteiger partial charge in [0.1, 0.15) is 0 Å². The molecule has 1 rings (SSSR count). The number of hydrogen-bond acceptors (Lipinski definition) is 6. The lowest BCUT2D eigenvalue weighted by molar-refractivity contribution is 0.0928. The molecule has 1 unspecified atom stereocenters. The molecule has 0 saturated heterocycles. The zero-order valence-corrected chi connectivity index (χ0v) is 11.1. The normalized spacial score (nSPS) is 12.2. The predicted molar refractivity (Wildman–Crippen MR) is 67.5 cm³/mol. The zero-order chi connectivity index (χ0) is 12.7. The van der Waals surface area contributed by atoms with Gasteiger partial charge < -0.3 is 15.4 Å². The van der Waals surface area contributed by atoms with E-state index in [0.717, 1.165) is 13.0 Å². The van der Waals surface area contributed by atoms with Crippen LogP contribution in [0.2, 0.25) is 0 Å². The van der Waals surface area contributed by atoms with Gasteiger partial charge >= 0.3 is 0 Å². The zero-order valence-electron chi connectivity index (χ0n) is 10.3. The van der Waals surface area contributed by atoms with Crippen LogP contribution in [0.3, 0.4) is 0 Å². The molecule has 0 spiro atoms. The lowest BCUT2D eigenvalue weighted by Crippen LogP contribution is -2.33. The fourth-order valence-electron chi connectivity index (χ4n) is 1.19. The fourth-order valence-corrected chi connectivity index (χ4v) is 1.90. The Morgan fingerprint density at radius 1 is 1.53 bits per heavy atom. The lowest BCUT2D eigenvalue weighted by atomic mass is 10.2. The summed E-state index contributed by atoms with van der Waals surface area (Å²) < 4.78 is 4.95. The SMILES string of the molecule is CCNc1nnc(C(=O)NC(C)CCOC)s1. The monoisotopic (exact) mass is 258 g/mol. The average Bonchev–Trinajstić information content (AvgIpc) is 2.75. The van der Waals surface area contributed by atoms with E-state index in [1.165, 1.54) is 11.3 Å². The summed E-state index contributed by atoms with van der Waals surface area (Å²) in [7, 11) is 1.64. The van der Waals surface area contributed by atoms with Gasteiger partial charge in [0.15, 0.2) is 0 Å². The van der Waals surface area contributed by atoms with Gasteiger partial charge in [0, 0.05) is 26.3 Å². The second-order valence-corrected chi connectivity index (χ2v) is 4.58. The van der Waals surface area contributed by atoms with Crippen LogP contribution in [0.25, 0.3) is 0 Å². The molecule has 0 aliphatic carbocycles. The molecule has 0 aliphatic heterocycles. The van der Waals surface area contributed by atoms with Crippen LogP contribution in [0.4, 0.5) is 5.13 Å². The maximum absolute atomic E-state index is 11.8. The van der Waals surface area contributed by atoms with E-state index in [9.17, 15) is 4.79 Å². The minimum Gasteiger partial charge on any atom is -0.385 e. The Morgan fingerprint density at radius 3 is 2.94 bits per heavy atom. The number of carbonyl (C=O) groups is 1. The summed E-state index contributed by atoms with van der Waals surface area (Å²) in [5, 5.41) is 14.6. The van der Waals surface area contributed by atoms with Gasteiger partial charge in [-0.2, -0.15) is 0 Å². The van der Waals surface area contributed by atoms with Gasteiger partial charge in [-0.05, 0) is 20.3 Å². The Morgan fingerprint density at radius 2 is 2.29 bits per heavy atom. The Bertz CT molecular complexity index is 356. The van der Waals surface area contributed by atoms with Crippen molar-refractivity contribution in [2.24, 2.45) is 0 Å². The Balaban J connectivity index is 2.45. The van der Waals surface area contributed by atoms with Gasteiger partial charge in [-0.15, -0.1) is 10.2 Å². The van der Waals surface area contributed by atoms with Crippen molar-refractivity contribution in [2.45, 2.75) is 26.3 Å². The highest BCUT2D eigenvalue weighted by Gasteiger charge is 2.14. The van der Waals surface area contributed by atoms with Crippen LogP contribution in [0.1, 0.15) is 30.1 Å². The van der Waals surface area contributed by atoms with E-state index in [1.807, 2.05) is 13.8 Å². The van der Waals surface area contributed by atoms with Crippen LogP contribution in [0.15, 0.2) is 0 Å². The number of anilines is 1. The molecule has 0 aliphatic rings. The molecule has 0 radical (unpaired) electrons. The van der Waals surface area contributed by atoms with E-state index in [4.69, 9.17) is 4.74 Å². The molecule has 1 heterocycles. The minimum atomic E-state index is -0.185. The average molecular weight is 258 g/mol. The molecule has 1 aromatic heterocycles. The highest BCUT2D eigenvalue weighted by molar-refractivity contribution is 7.17. The molecule has 1 atom stereocenters. The second-order valence-electron chi connectivity index (χ2n) is 3.60. The first-order chi connectivity index (χ1) is 8.17. The second kappa shape index (κ2) is 7.18. The van der Waals surface area contributed by atoms with Crippen LogP contribution in [0.5, 0.6) is 0 Å². The number of amides is 1. The summed E-state index contributed by atoms with van der Waals surface area (Å²) >= 11 is 1.25. The number of hydrogen-bond donors (Lipinski definition) is 2. The molecule has 2 N–H and O–H groups in total. The van der Waals surface area contributed by atoms with Crippen molar-refractivity contribution in [3.8, 4) is 0 Å². The Kier molecular flexibility index (Phi) is 5.85. The number of nitrogens with zero attached hydrogens (tertiary/aromatic N) is 2. The molecule has 6 nitrogen and oxygen atoms in total. The van der Waals surface area contributed by atoms with E-state index < -0.39 is 0 Å². The lowest BCUT2D eigenvalue weighted by Gasteiger charge is -2.11. The summed E-state index contributed by atoms with van der Waals surface area (Å²) in [5.74, 6) is -0.185. The minimum absolute atomic E-state index is 0.0638. The van der Waals surface area contributed by atoms with Gasteiger partial charge in [0.05, 0.1) is 0 Å². The topological polar surface area (TPSA) is 76.1 Å². The van der Waals surface area contributed by atoms with E-state index in [-0.39, 0.29) is 11.9 Å². The van der Waals surface area contributed by atoms with E-state index >= 15 is 0 Å². The third-order valence-electron chi connectivity index (χ3n) is 2.08. The van der Waals surface area contributed by atoms with Gasteiger partial charge in [0.2, 0.25) is 10.1 Å². The van der Waals surface area contributed by atoms with Crippen molar-refractivity contribution in [3.63, 3.8) is 0 Å². The summed E-state index contributed by atoms with van der Waals surface area (Å²) in [6.45, 7) is 5.29. The first kappa shape index (κ1) is 13.9. The maximum Gasteiger partial charge on any atom is 0.282 e. The molecule has 1 amide bonds. The van der Waals surface area contributed by atoms with Crippen molar-refractivity contribution >= 4 is 22.4 Å². The van der Waals surface area contributed by atoms with Crippen molar-refractivity contribution in [2.75, 3.05) is 25.6 Å². The van der Waals surface area contributed by atoms with E-state index in [2.05, 4.69) is 20.8 Å². The van der Waals surface area contributed by atoms with Gasteiger partial charge in [-0.1, -0.05) is 11.3 Å². The largest absolute Gasteiger partial charge is 0.385 e. The third-order valence-corrected chi connectivity index (χ3v) is 2.96. The molecule has 1 aromatic rings. The third kappa shape index (κ3) is 4.66. The van der Waals surface area contributed by atoms with Crippen molar-refractivity contribution in [3.05, 3.63) is 5.01 Å². The van der Waals surface area contributed by atoms with Crippen LogP contribution in [-0.4, -0.2) is 42.4 Å². The van der Waals surface area contributed by atoms with Crippen LogP contribution in [-0.2, 0) is 4.74 Å². The fraction of sp³-hybridized carbons (Fsp3) is 0.700. The predicted octanol–water partition coefficient (Wildman–Crippen LogP) is 1.12. The number of nitrogens with one attached hydrogen (secondary N) is 2. The number of rotatable bonds is 7. The summed E-state index contributed by atoms with van der Waals surface area (Å²) in [4.78, 5) is 11.8. The molecule has 7 heteroatoms. The molecule has 96 valence electrons. The van der Waals surface area contributed by atoms with E-state index in [0.29, 0.717) is 16.7 Å². The first-order valence-corrected chi connectivity index (χ1v) is 6.36. The molecule has 0 aromatic carbocycles. The van der Waals surface area contributed by atoms with Crippen LogP contribution >= 0.6 is 11.3 Å². The standard InChI is InChI=1S/C10H18N4O2S/c1-4-11-10-14-13-9(17-10)8(15)12-7(2)5-6-16-3/h7H,4-6H2,1-3H3,(H,11,14)(H,12,15). The number of aromatic nitrogens is 2. The first-order valence-electron chi connectivity index (χ1n) is 5.54. The summed E-state index contributed by atoms with van der Waals surface area (Å²) in [5.41, 5.74) is 0. The highest BCUT2D eigenvalue weighted by Crippen LogP contribution is 2.14. The maximum atomic E-state index is 11.8. The van der Waals surface area contributed by atoms with Crippen LogP contribution in [0, 0.1) is 0 Å². The van der Waals surface area contributed by atoms with Crippen LogP contribution < -0.4 is 10.6 Å². The van der Waals surface area contributed by atoms with Crippen molar-refractivity contribution in [1.82, 2.24) is 15.5 Å². The molecular weight excluding hydrogens is 240 g/mol. The van der Waals surface area contributed by atoms with Crippen molar-refractivity contribution < 1.29 is 9.53 Å². The van der Waals surface area contributed by atoms with Gasteiger partial charge in [-0.3, -0.25) is 4.79 Å². The molecular formula is C10H18N4O2S. The molecule has 0 saturated carbocycles. The Hall–Kier alpha value is -1.21. The number of methoxy groups -OCH3 is 1. The van der Waals surface area contributed by atoms with Gasteiger partial charge in [0.25, 0.3) is 5.91 Å². The highest BCUT2D eigenvalue weighted by atomic mass is 32.1. The number of ether oxygens (including phenoxy) is 1. The summed E-state index contributed by atoms with van der Waals surface area (Å²) in [6, 6.07) is 0.0638. The number of carbonyl (C=O) groups excluding carboxylic acids is 1. The van der Waals surface area contributed by atoms with Gasteiger partial charge in [-0.25, -0.2) is 0 Å². The Labute approximate surface area is 105 Å². The van der Waals surface area contributed by atoms with E-state index in [1.54, 1.807) is 7.11 Å².